The van der Waals surface area contributed by atoms with E-state index in [0.717, 1.165) is 39.3 Å². The minimum atomic E-state index is -0.0239. The van der Waals surface area contributed by atoms with Crippen molar-refractivity contribution in [2.24, 2.45) is 0 Å². The average Bonchev–Trinajstić information content (AvgIpc) is 3.16. The van der Waals surface area contributed by atoms with Gasteiger partial charge in [0.1, 0.15) is 0 Å². The number of nitrogens with zero attached hydrogens (tertiary/aromatic N) is 2. The molecule has 0 unspecified atom stereocenters. The molecular weight excluding hydrogens is 388 g/mol. The van der Waals surface area contributed by atoms with E-state index in [-0.39, 0.29) is 5.91 Å². The average molecular weight is 413 g/mol. The molecule has 5 nitrogen and oxygen atoms in total. The van der Waals surface area contributed by atoms with E-state index in [4.69, 9.17) is 0 Å². The molecule has 0 aliphatic heterocycles. The molecule has 0 radical (unpaired) electrons. The van der Waals surface area contributed by atoms with Gasteiger partial charge in [-0.05, 0) is 42.5 Å². The highest BCUT2D eigenvalue weighted by Crippen LogP contribution is 2.29. The van der Waals surface area contributed by atoms with E-state index in [2.05, 4.69) is 46.8 Å². The summed E-state index contributed by atoms with van der Waals surface area (Å²) in [7, 11) is 0. The minimum absolute atomic E-state index is 0.0239. The van der Waals surface area contributed by atoms with Gasteiger partial charge in [0.2, 0.25) is 11.0 Å². The molecule has 0 atom stereocenters. The normalized spacial score (nSPS) is 10.7. The largest absolute Gasteiger partial charge is 0.330 e. The Hall–Kier alpha value is -2.38. The number of carbonyl (C=O) groups is 1. The first-order valence-corrected chi connectivity index (χ1v) is 11.1. The zero-order valence-electron chi connectivity index (χ0n) is 16.3. The number of para-hydroxylation sites is 2. The fraction of sp³-hybridized carbons (Fsp3) is 0.286. The Morgan fingerprint density at radius 3 is 2.43 bits per heavy atom. The SMILES string of the molecule is CCc1cccc(CC)c1NC(=O)CSc1nnc(Nc2ccccc2C)s1. The van der Waals surface area contributed by atoms with Crippen molar-refractivity contribution in [1.82, 2.24) is 10.2 Å². The predicted octanol–water partition coefficient (Wildman–Crippen LogP) is 5.45. The zero-order chi connectivity index (χ0) is 19.9. The van der Waals surface area contributed by atoms with Crippen LogP contribution in [0.1, 0.15) is 30.5 Å². The van der Waals surface area contributed by atoms with Crippen molar-refractivity contribution in [2.75, 3.05) is 16.4 Å². The molecule has 0 bridgehead atoms. The maximum atomic E-state index is 12.5. The first kappa shape index (κ1) is 20.4. The zero-order valence-corrected chi connectivity index (χ0v) is 17.9. The number of hydrogen-bond donors (Lipinski definition) is 2. The van der Waals surface area contributed by atoms with Gasteiger partial charge in [0, 0.05) is 11.4 Å². The van der Waals surface area contributed by atoms with Crippen molar-refractivity contribution in [3.8, 4) is 0 Å². The van der Waals surface area contributed by atoms with Crippen LogP contribution in [-0.2, 0) is 17.6 Å². The molecule has 0 aliphatic rings. The summed E-state index contributed by atoms with van der Waals surface area (Å²) >= 11 is 2.85. The summed E-state index contributed by atoms with van der Waals surface area (Å²) < 4.78 is 0.769. The second-order valence-electron chi connectivity index (χ2n) is 6.31. The third-order valence-corrected chi connectivity index (χ3v) is 6.36. The van der Waals surface area contributed by atoms with Crippen LogP contribution in [0.15, 0.2) is 46.8 Å². The van der Waals surface area contributed by atoms with E-state index in [1.807, 2.05) is 37.3 Å². The predicted molar refractivity (Wildman–Crippen MR) is 119 cm³/mol. The van der Waals surface area contributed by atoms with Crippen LogP contribution in [0.25, 0.3) is 0 Å². The lowest BCUT2D eigenvalue weighted by molar-refractivity contribution is -0.113. The van der Waals surface area contributed by atoms with Crippen LogP contribution >= 0.6 is 23.1 Å². The van der Waals surface area contributed by atoms with Crippen LogP contribution < -0.4 is 10.6 Å². The van der Waals surface area contributed by atoms with Gasteiger partial charge in [0.15, 0.2) is 4.34 Å². The molecule has 0 saturated heterocycles. The smallest absolute Gasteiger partial charge is 0.234 e. The molecule has 146 valence electrons. The van der Waals surface area contributed by atoms with E-state index in [9.17, 15) is 4.79 Å². The quantitative estimate of drug-likeness (QED) is 0.482. The van der Waals surface area contributed by atoms with Gasteiger partial charge in [-0.3, -0.25) is 4.79 Å². The molecule has 1 aromatic heterocycles. The van der Waals surface area contributed by atoms with Crippen LogP contribution in [0.2, 0.25) is 0 Å². The van der Waals surface area contributed by atoms with Crippen molar-refractivity contribution in [3.05, 3.63) is 59.2 Å². The van der Waals surface area contributed by atoms with Crippen molar-refractivity contribution < 1.29 is 4.79 Å². The van der Waals surface area contributed by atoms with Crippen LogP contribution in [0.5, 0.6) is 0 Å². The Morgan fingerprint density at radius 2 is 1.75 bits per heavy atom. The fourth-order valence-corrected chi connectivity index (χ4v) is 4.42. The number of hydrogen-bond acceptors (Lipinski definition) is 6. The van der Waals surface area contributed by atoms with Gasteiger partial charge < -0.3 is 10.6 Å². The molecule has 3 aromatic rings. The maximum absolute atomic E-state index is 12.5. The molecule has 2 N–H and O–H groups in total. The van der Waals surface area contributed by atoms with Crippen molar-refractivity contribution in [2.45, 2.75) is 38.0 Å². The van der Waals surface area contributed by atoms with E-state index < -0.39 is 0 Å². The number of rotatable bonds is 8. The van der Waals surface area contributed by atoms with Gasteiger partial charge >= 0.3 is 0 Å². The molecule has 0 saturated carbocycles. The number of carbonyl (C=O) groups excluding carboxylic acids is 1. The Kier molecular flexibility index (Phi) is 7.06. The summed E-state index contributed by atoms with van der Waals surface area (Å²) in [4.78, 5) is 12.5. The molecule has 3 rings (SSSR count). The number of thioether (sulfide) groups is 1. The highest BCUT2D eigenvalue weighted by atomic mass is 32.2. The van der Waals surface area contributed by atoms with E-state index >= 15 is 0 Å². The molecule has 7 heteroatoms. The maximum Gasteiger partial charge on any atom is 0.234 e. The lowest BCUT2D eigenvalue weighted by Crippen LogP contribution is -2.16. The Labute approximate surface area is 174 Å². The van der Waals surface area contributed by atoms with Crippen molar-refractivity contribution in [3.63, 3.8) is 0 Å². The van der Waals surface area contributed by atoms with Crippen LogP contribution in [-0.4, -0.2) is 21.9 Å². The number of amides is 1. The van der Waals surface area contributed by atoms with Crippen molar-refractivity contribution in [1.29, 1.82) is 0 Å². The van der Waals surface area contributed by atoms with Gasteiger partial charge in [0.05, 0.1) is 5.75 Å². The molecule has 0 fully saturated rings. The molecule has 28 heavy (non-hydrogen) atoms. The molecule has 0 aliphatic carbocycles. The number of benzene rings is 2. The Morgan fingerprint density at radius 1 is 1.04 bits per heavy atom. The molecular formula is C21H24N4OS2. The van der Waals surface area contributed by atoms with Crippen LogP contribution in [0.4, 0.5) is 16.5 Å². The monoisotopic (exact) mass is 412 g/mol. The highest BCUT2D eigenvalue weighted by Gasteiger charge is 2.12. The lowest BCUT2D eigenvalue weighted by Gasteiger charge is -2.14. The van der Waals surface area contributed by atoms with Gasteiger partial charge in [0.25, 0.3) is 0 Å². The third-order valence-electron chi connectivity index (χ3n) is 4.38. The second-order valence-corrected chi connectivity index (χ2v) is 8.51. The fourth-order valence-electron chi connectivity index (χ4n) is 2.85. The summed E-state index contributed by atoms with van der Waals surface area (Å²) in [6, 6.07) is 14.2. The first-order chi connectivity index (χ1) is 13.6. The van der Waals surface area contributed by atoms with E-state index in [0.29, 0.717) is 5.75 Å². The summed E-state index contributed by atoms with van der Waals surface area (Å²) in [5.41, 5.74) is 5.44. The molecule has 0 spiro atoms. The molecule has 1 amide bonds. The van der Waals surface area contributed by atoms with E-state index in [1.165, 1.54) is 34.2 Å². The van der Waals surface area contributed by atoms with Gasteiger partial charge in [-0.25, -0.2) is 0 Å². The first-order valence-electron chi connectivity index (χ1n) is 9.30. The standard InChI is InChI=1S/C21H24N4OS2/c1-4-15-10-8-11-16(5-2)19(15)23-18(26)13-27-21-25-24-20(28-21)22-17-12-7-6-9-14(17)3/h6-12H,4-5,13H2,1-3H3,(H,22,24)(H,23,26). The Balaban J connectivity index is 1.59. The molecule has 2 aromatic carbocycles. The number of aryl methyl sites for hydroxylation is 3. The summed E-state index contributed by atoms with van der Waals surface area (Å²) in [5.74, 6) is 0.282. The lowest BCUT2D eigenvalue weighted by atomic mass is 10.0. The van der Waals surface area contributed by atoms with Gasteiger partial charge in [-0.15, -0.1) is 10.2 Å². The summed E-state index contributed by atoms with van der Waals surface area (Å²) in [6.07, 6.45) is 1.78. The number of aromatic nitrogens is 2. The number of nitrogens with one attached hydrogen (secondary N) is 2. The Bertz CT molecular complexity index is 933. The topological polar surface area (TPSA) is 66.9 Å². The summed E-state index contributed by atoms with van der Waals surface area (Å²) in [5, 5.41) is 15.4. The van der Waals surface area contributed by atoms with Gasteiger partial charge in [-0.1, -0.05) is 73.3 Å². The van der Waals surface area contributed by atoms with Crippen molar-refractivity contribution >= 4 is 45.5 Å². The molecule has 1 heterocycles. The minimum Gasteiger partial charge on any atom is -0.330 e. The van der Waals surface area contributed by atoms with Gasteiger partial charge in [-0.2, -0.15) is 0 Å². The van der Waals surface area contributed by atoms with Crippen LogP contribution in [0, 0.1) is 6.92 Å². The highest BCUT2D eigenvalue weighted by molar-refractivity contribution is 8.01. The summed E-state index contributed by atoms with van der Waals surface area (Å²) in [6.45, 7) is 6.24. The second kappa shape index (κ2) is 9.71. The third kappa shape index (κ3) is 5.11. The van der Waals surface area contributed by atoms with Crippen LogP contribution in [0.3, 0.4) is 0 Å². The van der Waals surface area contributed by atoms with E-state index in [1.54, 1.807) is 0 Å². The number of anilines is 3.